The summed E-state index contributed by atoms with van der Waals surface area (Å²) in [6.45, 7) is 32.2. The zero-order chi connectivity index (χ0) is 42.7. The van der Waals surface area contributed by atoms with Gasteiger partial charge < -0.3 is 0 Å². The van der Waals surface area contributed by atoms with Crippen molar-refractivity contribution >= 4 is 40.2 Å². The van der Waals surface area contributed by atoms with Crippen LogP contribution in [0.2, 0.25) is 0 Å². The van der Waals surface area contributed by atoms with Crippen LogP contribution in [0, 0.1) is 58.1 Å². The van der Waals surface area contributed by atoms with Gasteiger partial charge in [-0.3, -0.25) is 12.2 Å². The molecule has 0 N–H and O–H groups in total. The molecule has 0 amide bonds. The van der Waals surface area contributed by atoms with Crippen LogP contribution in [0.4, 0.5) is 8.78 Å². The molecule has 0 radical (unpaired) electrons. The van der Waals surface area contributed by atoms with Gasteiger partial charge in [0.05, 0.1) is 0 Å². The Hall–Kier alpha value is -2.97. The normalized spacial score (nSPS) is 16.9. The van der Waals surface area contributed by atoms with E-state index in [2.05, 4.69) is 168 Å². The van der Waals surface area contributed by atoms with Gasteiger partial charge in [-0.25, -0.2) is 20.4 Å². The predicted molar refractivity (Wildman–Crippen MR) is 251 cm³/mol. The van der Waals surface area contributed by atoms with Crippen LogP contribution in [0.25, 0.3) is 22.3 Å². The molecule has 0 nitrogen and oxygen atoms in total. The quantitative estimate of drug-likeness (QED) is 0.136. The van der Waals surface area contributed by atoms with Crippen LogP contribution in [-0.2, 0) is 41.5 Å². The summed E-state index contributed by atoms with van der Waals surface area (Å²) in [4.78, 5) is 0. The van der Waals surface area contributed by atoms with Crippen molar-refractivity contribution in [1.29, 1.82) is 0 Å². The summed E-state index contributed by atoms with van der Waals surface area (Å²) >= 11 is 1.30. The van der Waals surface area contributed by atoms with Crippen molar-refractivity contribution in [2.75, 3.05) is 0 Å². The summed E-state index contributed by atoms with van der Waals surface area (Å²) in [6, 6.07) is 27.0. The van der Waals surface area contributed by atoms with Crippen molar-refractivity contribution in [1.82, 2.24) is 0 Å². The first-order chi connectivity index (χ1) is 26.4. The maximum absolute atomic E-state index is 11.9. The van der Waals surface area contributed by atoms with Crippen molar-refractivity contribution in [3.63, 3.8) is 0 Å². The molecule has 0 aliphatic heterocycles. The van der Waals surface area contributed by atoms with Crippen molar-refractivity contribution in [2.45, 2.75) is 114 Å². The van der Waals surface area contributed by atoms with Gasteiger partial charge in [0.1, 0.15) is 0 Å². The second-order valence-corrected chi connectivity index (χ2v) is 19.6. The summed E-state index contributed by atoms with van der Waals surface area (Å²) in [5, 5.41) is 0. The molecule has 1 unspecified atom stereocenters. The maximum atomic E-state index is 11.9. The van der Waals surface area contributed by atoms with Crippen LogP contribution in [-0.4, -0.2) is 4.21 Å². The minimum absolute atomic E-state index is 0. The standard InChI is InChI=1S/C31H37.C10H15.2C6H4F.CH2.2ClH.Zr/c1-28(2,3)26-16-30(7,8)24-12-18-11-19-13-25-23(15-21(19)20(18)14-22(24)26)27(29(4,5)6)17-31(25,9)10;1-8-5-6-9(7-8)10(2,3)4;2*7-6-4-2-1-3-5-6;;;;/h12-16H,11H2,1-10H3;6-8H,1-4H3;2*2-5H;1H2;2*1H;/q4*-1;;;;. The summed E-state index contributed by atoms with van der Waals surface area (Å²) in [5.41, 5.74) is 16.6. The van der Waals surface area contributed by atoms with Gasteiger partial charge in [0.25, 0.3) is 0 Å². The first-order valence-corrected chi connectivity index (χ1v) is 21.8. The molecule has 0 fully saturated rings. The van der Waals surface area contributed by atoms with Crippen molar-refractivity contribution < 1.29 is 33.0 Å². The number of fused-ring (bicyclic) bond motifs is 5. The number of halogens is 4. The third kappa shape index (κ3) is 12.8. The average molecular weight is 913 g/mol. The van der Waals surface area contributed by atoms with Crippen LogP contribution in [0.1, 0.15) is 130 Å². The summed E-state index contributed by atoms with van der Waals surface area (Å²) < 4.78 is 27.1. The van der Waals surface area contributed by atoms with Crippen LogP contribution in [0.3, 0.4) is 0 Å². The van der Waals surface area contributed by atoms with Gasteiger partial charge in [0.2, 0.25) is 0 Å². The van der Waals surface area contributed by atoms with Gasteiger partial charge in [-0.2, -0.15) is 53.6 Å². The summed E-state index contributed by atoms with van der Waals surface area (Å²) in [7, 11) is 0. The molecular formula is C54H64Cl2F2Zr-4. The zero-order valence-electron chi connectivity index (χ0n) is 37.7. The molecule has 1 atom stereocenters. The Labute approximate surface area is 383 Å². The summed E-state index contributed by atoms with van der Waals surface area (Å²) in [6.07, 6.45) is 15.1. The van der Waals surface area contributed by atoms with Crippen molar-refractivity contribution in [3.05, 3.63) is 166 Å². The van der Waals surface area contributed by atoms with E-state index < -0.39 is 0 Å². The van der Waals surface area contributed by atoms with Crippen LogP contribution >= 0.6 is 24.8 Å². The van der Waals surface area contributed by atoms with E-state index in [1.165, 1.54) is 134 Å². The fourth-order valence-corrected chi connectivity index (χ4v) is 7.73. The van der Waals surface area contributed by atoms with Gasteiger partial charge in [0, 0.05) is 17.0 Å². The van der Waals surface area contributed by atoms with Gasteiger partial charge in [-0.05, 0) is 62.3 Å². The number of hydrogen-bond acceptors (Lipinski definition) is 0. The Morgan fingerprint density at radius 3 is 1.46 bits per heavy atom. The molecule has 59 heavy (non-hydrogen) atoms. The van der Waals surface area contributed by atoms with Crippen LogP contribution in [0.15, 0.2) is 96.6 Å². The Morgan fingerprint density at radius 1 is 0.644 bits per heavy atom. The zero-order valence-corrected chi connectivity index (χ0v) is 41.8. The van der Waals surface area contributed by atoms with Gasteiger partial charge in [0.15, 0.2) is 0 Å². The Kier molecular flexibility index (Phi) is 17.9. The number of allylic oxidation sites excluding steroid dienone is 8. The average Bonchev–Trinajstić information content (AvgIpc) is 3.86. The van der Waals surface area contributed by atoms with E-state index in [1.807, 2.05) is 0 Å². The van der Waals surface area contributed by atoms with E-state index in [0.717, 1.165) is 6.42 Å². The van der Waals surface area contributed by atoms with E-state index in [9.17, 15) is 8.78 Å². The molecular weight excluding hydrogens is 849 g/mol. The van der Waals surface area contributed by atoms with E-state index in [0.29, 0.717) is 11.3 Å². The third-order valence-electron chi connectivity index (χ3n) is 10.7. The first kappa shape index (κ1) is 52.2. The molecule has 4 aromatic carbocycles. The SMILES string of the molecule is CC(C)(C)C1=[C-]C(C)(C)c2cc3c(cc21)-c1cc2c(cc1C3)C(C)(C)C=C2C(C)(C)C.CC1[C-]=CC(C(C)(C)C)=C1.Cl.Cl.Fc1cc[c-]cc1.Fc1cc[c-]cc1.[CH2]=[Zr]. The predicted octanol–water partition coefficient (Wildman–Crippen LogP) is 15.5. The third-order valence-corrected chi connectivity index (χ3v) is 10.7. The topological polar surface area (TPSA) is 0 Å². The molecule has 316 valence electrons. The number of benzene rings is 4. The second kappa shape index (κ2) is 20.3. The van der Waals surface area contributed by atoms with Crippen LogP contribution < -0.4 is 0 Å². The molecule has 8 rings (SSSR count). The Morgan fingerprint density at radius 2 is 1.10 bits per heavy atom. The van der Waals surface area contributed by atoms with Crippen molar-refractivity contribution in [3.8, 4) is 11.1 Å². The molecule has 0 aromatic heterocycles. The Balaban J connectivity index is 0.000000348. The van der Waals surface area contributed by atoms with E-state index in [4.69, 9.17) is 0 Å². The van der Waals surface area contributed by atoms with Gasteiger partial charge in [-0.15, -0.1) is 60.7 Å². The van der Waals surface area contributed by atoms with E-state index >= 15 is 0 Å². The van der Waals surface area contributed by atoms with Gasteiger partial charge >= 0.3 is 28.4 Å². The molecule has 0 saturated carbocycles. The molecule has 0 heterocycles. The van der Waals surface area contributed by atoms with Gasteiger partial charge in [-0.1, -0.05) is 132 Å². The monoisotopic (exact) mass is 910 g/mol. The molecule has 4 aromatic rings. The number of hydrogen-bond donors (Lipinski definition) is 0. The fraction of sp³-hybridized carbons (Fsp3) is 0.389. The minimum atomic E-state index is -0.209. The van der Waals surface area contributed by atoms with E-state index in [1.54, 1.807) is 0 Å². The Bertz CT molecular complexity index is 2030. The second-order valence-electron chi connectivity index (χ2n) is 19.6. The molecule has 4 aliphatic carbocycles. The fourth-order valence-electron chi connectivity index (χ4n) is 7.73. The number of rotatable bonds is 0. The molecule has 0 saturated heterocycles. The molecule has 4 aliphatic rings. The molecule has 0 bridgehead atoms. The first-order valence-electron chi connectivity index (χ1n) is 20.0. The van der Waals surface area contributed by atoms with E-state index in [-0.39, 0.29) is 58.1 Å². The van der Waals surface area contributed by atoms with Crippen LogP contribution in [0.5, 0.6) is 0 Å². The molecule has 0 spiro atoms. The van der Waals surface area contributed by atoms with Crippen molar-refractivity contribution in [2.24, 2.45) is 22.2 Å². The molecule has 5 heteroatoms. The summed E-state index contributed by atoms with van der Waals surface area (Å²) in [5.74, 6) is 0.103.